The highest BCUT2D eigenvalue weighted by Crippen LogP contribution is 2.33. The van der Waals surface area contributed by atoms with Gasteiger partial charge in [0, 0.05) is 10.2 Å². The van der Waals surface area contributed by atoms with Crippen molar-refractivity contribution >= 4 is 33.2 Å². The molecule has 3 nitrogen and oxygen atoms in total. The summed E-state index contributed by atoms with van der Waals surface area (Å²) in [6.45, 7) is 0. The summed E-state index contributed by atoms with van der Waals surface area (Å²) in [6, 6.07) is 12.6. The van der Waals surface area contributed by atoms with Crippen LogP contribution in [0.2, 0.25) is 5.02 Å². The van der Waals surface area contributed by atoms with E-state index in [-0.39, 0.29) is 6.42 Å². The van der Waals surface area contributed by atoms with Crippen molar-refractivity contribution < 1.29 is 4.74 Å². The molecule has 96 valence electrons. The number of hydrogen-bond acceptors (Lipinski definition) is 3. The number of nitrogens with two attached hydrogens (primary N) is 1. The molecule has 2 N–H and O–H groups in total. The van der Waals surface area contributed by atoms with Crippen molar-refractivity contribution in [1.29, 1.82) is 5.26 Å². The van der Waals surface area contributed by atoms with Crippen LogP contribution in [-0.4, -0.2) is 0 Å². The number of anilines is 1. The number of ether oxygens (including phenoxy) is 1. The molecule has 0 aromatic heterocycles. The molecule has 0 bridgehead atoms. The number of rotatable bonds is 3. The molecular formula is C14H10BrClN2O. The van der Waals surface area contributed by atoms with E-state index in [1.165, 1.54) is 0 Å². The highest BCUT2D eigenvalue weighted by Gasteiger charge is 2.06. The van der Waals surface area contributed by atoms with E-state index in [1.54, 1.807) is 30.3 Å². The highest BCUT2D eigenvalue weighted by molar-refractivity contribution is 9.10. The summed E-state index contributed by atoms with van der Waals surface area (Å²) < 4.78 is 6.58. The molecule has 2 rings (SSSR count). The second-order valence-electron chi connectivity index (χ2n) is 3.87. The van der Waals surface area contributed by atoms with Crippen molar-refractivity contribution in [1.82, 2.24) is 0 Å². The summed E-state index contributed by atoms with van der Waals surface area (Å²) in [7, 11) is 0. The van der Waals surface area contributed by atoms with Crippen LogP contribution in [0.5, 0.6) is 11.5 Å². The van der Waals surface area contributed by atoms with Gasteiger partial charge in [-0.05, 0) is 42.0 Å². The van der Waals surface area contributed by atoms with Crippen molar-refractivity contribution in [3.63, 3.8) is 0 Å². The summed E-state index contributed by atoms with van der Waals surface area (Å²) in [4.78, 5) is 0. The zero-order valence-electron chi connectivity index (χ0n) is 9.86. The Balaban J connectivity index is 2.31. The van der Waals surface area contributed by atoms with Gasteiger partial charge in [0.25, 0.3) is 0 Å². The predicted octanol–water partition coefficient (Wildman–Crippen LogP) is 4.54. The first-order valence-corrected chi connectivity index (χ1v) is 6.65. The van der Waals surface area contributed by atoms with Gasteiger partial charge in [-0.25, -0.2) is 0 Å². The molecular weight excluding hydrogens is 328 g/mol. The van der Waals surface area contributed by atoms with Gasteiger partial charge in [0.15, 0.2) is 0 Å². The molecule has 5 heteroatoms. The lowest BCUT2D eigenvalue weighted by Gasteiger charge is -2.10. The van der Waals surface area contributed by atoms with E-state index < -0.39 is 0 Å². The first kappa shape index (κ1) is 13.7. The molecule has 0 amide bonds. The number of halogens is 2. The number of benzene rings is 2. The fourth-order valence-electron chi connectivity index (χ4n) is 1.57. The van der Waals surface area contributed by atoms with Crippen LogP contribution in [0.3, 0.4) is 0 Å². The van der Waals surface area contributed by atoms with E-state index in [0.29, 0.717) is 22.2 Å². The summed E-state index contributed by atoms with van der Waals surface area (Å²) in [6.07, 6.45) is 0.245. The smallest absolute Gasteiger partial charge is 0.147 e. The summed E-state index contributed by atoms with van der Waals surface area (Å²) >= 11 is 9.41. The lowest BCUT2D eigenvalue weighted by atomic mass is 10.1. The van der Waals surface area contributed by atoms with Crippen LogP contribution < -0.4 is 10.5 Å². The SMILES string of the molecule is N#CCc1cc(Oc2cc(Br)ccc2Cl)ccc1N. The first-order chi connectivity index (χ1) is 9.10. The van der Waals surface area contributed by atoms with Gasteiger partial charge >= 0.3 is 0 Å². The van der Waals surface area contributed by atoms with Crippen LogP contribution in [0.15, 0.2) is 40.9 Å². The zero-order valence-corrected chi connectivity index (χ0v) is 12.2. The molecule has 0 atom stereocenters. The van der Waals surface area contributed by atoms with Gasteiger partial charge in [-0.2, -0.15) is 5.26 Å². The number of nitrogen functional groups attached to an aromatic ring is 1. The van der Waals surface area contributed by atoms with Crippen molar-refractivity contribution in [3.05, 3.63) is 51.5 Å². The van der Waals surface area contributed by atoms with E-state index in [0.717, 1.165) is 10.0 Å². The Morgan fingerprint density at radius 1 is 1.26 bits per heavy atom. The topological polar surface area (TPSA) is 59.0 Å². The number of nitriles is 1. The van der Waals surface area contributed by atoms with E-state index in [9.17, 15) is 0 Å². The van der Waals surface area contributed by atoms with Crippen molar-refractivity contribution in [2.24, 2.45) is 0 Å². The maximum atomic E-state index is 8.73. The summed E-state index contributed by atoms with van der Waals surface area (Å²) in [5.41, 5.74) is 7.10. The molecule has 0 aliphatic carbocycles. The molecule has 19 heavy (non-hydrogen) atoms. The molecule has 0 radical (unpaired) electrons. The fourth-order valence-corrected chi connectivity index (χ4v) is 2.06. The van der Waals surface area contributed by atoms with Crippen LogP contribution in [0.4, 0.5) is 5.69 Å². The molecule has 2 aromatic rings. The van der Waals surface area contributed by atoms with Crippen molar-refractivity contribution in [2.75, 3.05) is 5.73 Å². The third-order valence-corrected chi connectivity index (χ3v) is 3.31. The second-order valence-corrected chi connectivity index (χ2v) is 5.20. The van der Waals surface area contributed by atoms with Gasteiger partial charge in [-0.3, -0.25) is 0 Å². The second kappa shape index (κ2) is 5.96. The Kier molecular flexibility index (Phi) is 4.31. The van der Waals surface area contributed by atoms with Gasteiger partial charge in [-0.1, -0.05) is 27.5 Å². The van der Waals surface area contributed by atoms with E-state index in [1.807, 2.05) is 6.07 Å². The molecule has 2 aromatic carbocycles. The third kappa shape index (κ3) is 3.40. The summed E-state index contributed by atoms with van der Waals surface area (Å²) in [5, 5.41) is 9.25. The first-order valence-electron chi connectivity index (χ1n) is 5.48. The average molecular weight is 338 g/mol. The lowest BCUT2D eigenvalue weighted by Crippen LogP contribution is -1.94. The fraction of sp³-hybridized carbons (Fsp3) is 0.0714. The largest absolute Gasteiger partial charge is 0.456 e. The molecule has 0 unspecified atom stereocenters. The molecule has 0 heterocycles. The lowest BCUT2D eigenvalue weighted by molar-refractivity contribution is 0.482. The molecule has 0 saturated heterocycles. The Labute approximate surface area is 124 Å². The number of nitrogens with zero attached hydrogens (tertiary/aromatic N) is 1. The molecule has 0 saturated carbocycles. The number of hydrogen-bond donors (Lipinski definition) is 1. The Morgan fingerprint density at radius 2 is 2.05 bits per heavy atom. The minimum absolute atomic E-state index is 0.245. The van der Waals surface area contributed by atoms with Gasteiger partial charge in [0.1, 0.15) is 11.5 Å². The van der Waals surface area contributed by atoms with Crippen LogP contribution >= 0.6 is 27.5 Å². The van der Waals surface area contributed by atoms with Crippen LogP contribution in [0.25, 0.3) is 0 Å². The van der Waals surface area contributed by atoms with E-state index in [4.69, 9.17) is 27.3 Å². The van der Waals surface area contributed by atoms with Crippen molar-refractivity contribution in [2.45, 2.75) is 6.42 Å². The molecule has 0 fully saturated rings. The highest BCUT2D eigenvalue weighted by atomic mass is 79.9. The maximum absolute atomic E-state index is 8.73. The Hall–Kier alpha value is -1.70. The Bertz CT molecular complexity index is 652. The Morgan fingerprint density at radius 3 is 2.79 bits per heavy atom. The predicted molar refractivity (Wildman–Crippen MR) is 79.4 cm³/mol. The van der Waals surface area contributed by atoms with Gasteiger partial charge in [0.05, 0.1) is 17.5 Å². The van der Waals surface area contributed by atoms with E-state index in [2.05, 4.69) is 22.0 Å². The van der Waals surface area contributed by atoms with Crippen LogP contribution in [-0.2, 0) is 6.42 Å². The average Bonchev–Trinajstić information content (AvgIpc) is 2.38. The van der Waals surface area contributed by atoms with E-state index >= 15 is 0 Å². The van der Waals surface area contributed by atoms with Gasteiger partial charge < -0.3 is 10.5 Å². The zero-order chi connectivity index (χ0) is 13.8. The molecule has 0 aliphatic rings. The van der Waals surface area contributed by atoms with Crippen molar-refractivity contribution in [3.8, 4) is 17.6 Å². The minimum Gasteiger partial charge on any atom is -0.456 e. The van der Waals surface area contributed by atoms with Gasteiger partial charge in [-0.15, -0.1) is 0 Å². The third-order valence-electron chi connectivity index (χ3n) is 2.51. The minimum atomic E-state index is 0.245. The molecule has 0 aliphatic heterocycles. The van der Waals surface area contributed by atoms with Crippen LogP contribution in [0, 0.1) is 11.3 Å². The molecule has 0 spiro atoms. The normalized spacial score (nSPS) is 9.95. The monoisotopic (exact) mass is 336 g/mol. The van der Waals surface area contributed by atoms with Gasteiger partial charge in [0.2, 0.25) is 0 Å². The standard InChI is InChI=1S/C14H10BrClN2O/c15-10-1-3-12(16)14(8-10)19-11-2-4-13(18)9(7-11)5-6-17/h1-4,7-8H,5,18H2. The maximum Gasteiger partial charge on any atom is 0.147 e. The van der Waals surface area contributed by atoms with Crippen LogP contribution in [0.1, 0.15) is 5.56 Å². The summed E-state index contributed by atoms with van der Waals surface area (Å²) in [5.74, 6) is 1.14. The quantitative estimate of drug-likeness (QED) is 0.836.